The minimum atomic E-state index is -0.922. The molecule has 1 aromatic carbocycles. The second-order valence-corrected chi connectivity index (χ2v) is 7.85. The first-order chi connectivity index (χ1) is 12.0. The van der Waals surface area contributed by atoms with Crippen LogP contribution in [0.5, 0.6) is 5.75 Å². The van der Waals surface area contributed by atoms with Crippen molar-refractivity contribution in [1.82, 2.24) is 9.78 Å². The van der Waals surface area contributed by atoms with Crippen molar-refractivity contribution in [3.05, 3.63) is 34.3 Å². The predicted octanol–water partition coefficient (Wildman–Crippen LogP) is 3.37. The predicted molar refractivity (Wildman–Crippen MR) is 99.8 cm³/mol. The number of hydrogen-bond acceptors (Lipinski definition) is 8. The van der Waals surface area contributed by atoms with Crippen LogP contribution in [0.3, 0.4) is 0 Å². The number of carbonyl (C=O) groups is 2. The van der Waals surface area contributed by atoms with E-state index < -0.39 is 11.2 Å². The molecule has 2 aromatic rings. The Bertz CT molecular complexity index is 773. The summed E-state index contributed by atoms with van der Waals surface area (Å²) in [5.74, 6) is -0.0543. The maximum Gasteiger partial charge on any atom is 0.327 e. The second kappa shape index (κ2) is 9.69. The maximum absolute atomic E-state index is 11.9. The number of nitrogens with zero attached hydrogens (tertiary/aromatic N) is 2. The van der Waals surface area contributed by atoms with E-state index in [-0.39, 0.29) is 12.4 Å². The van der Waals surface area contributed by atoms with Gasteiger partial charge in [0.2, 0.25) is 0 Å². The standard InChI is InChI=1S/C16H18N2O4S3/c1-3-21-14(20)13(11(2)19)24-15-17-18(16(23)25-15)9-10-22-12-7-5-4-6-8-12/h4-8,13H,3,9-10H2,1-2H3. The Morgan fingerprint density at radius 3 is 2.72 bits per heavy atom. The van der Waals surface area contributed by atoms with Gasteiger partial charge in [0.1, 0.15) is 12.4 Å². The number of benzene rings is 1. The van der Waals surface area contributed by atoms with Crippen LogP contribution >= 0.6 is 35.3 Å². The van der Waals surface area contributed by atoms with Crippen LogP contribution < -0.4 is 4.74 Å². The molecule has 9 heteroatoms. The number of carbonyl (C=O) groups excluding carboxylic acids is 2. The molecule has 0 fully saturated rings. The number of rotatable bonds is 9. The molecule has 0 saturated carbocycles. The SMILES string of the molecule is CCOC(=O)C(Sc1nn(CCOc2ccccc2)c(=S)s1)C(C)=O. The smallest absolute Gasteiger partial charge is 0.327 e. The Kier molecular flexibility index (Phi) is 7.60. The van der Waals surface area contributed by atoms with Crippen molar-refractivity contribution in [2.75, 3.05) is 13.2 Å². The molecule has 0 bridgehead atoms. The van der Waals surface area contributed by atoms with E-state index in [9.17, 15) is 9.59 Å². The first-order valence-corrected chi connectivity index (χ1v) is 9.71. The molecule has 1 heterocycles. The monoisotopic (exact) mass is 398 g/mol. The molecular formula is C16H18N2O4S3. The van der Waals surface area contributed by atoms with E-state index >= 15 is 0 Å². The van der Waals surface area contributed by atoms with Gasteiger partial charge in [-0.05, 0) is 38.2 Å². The fraction of sp³-hybridized carbons (Fsp3) is 0.375. The Balaban J connectivity index is 1.97. The Morgan fingerprint density at radius 2 is 2.08 bits per heavy atom. The summed E-state index contributed by atoms with van der Waals surface area (Å²) < 4.78 is 13.3. The van der Waals surface area contributed by atoms with E-state index in [0.29, 0.717) is 21.4 Å². The number of aromatic nitrogens is 2. The molecule has 0 aliphatic heterocycles. The first kappa shape index (κ1) is 19.6. The number of ether oxygens (including phenoxy) is 2. The number of esters is 1. The van der Waals surface area contributed by atoms with Crippen LogP contribution in [0.1, 0.15) is 13.8 Å². The summed E-state index contributed by atoms with van der Waals surface area (Å²) in [7, 11) is 0. The Labute approximate surface area is 159 Å². The van der Waals surface area contributed by atoms with Gasteiger partial charge < -0.3 is 9.47 Å². The summed E-state index contributed by atoms with van der Waals surface area (Å²) >= 11 is 7.61. The second-order valence-electron chi connectivity index (χ2n) is 4.88. The van der Waals surface area contributed by atoms with Gasteiger partial charge in [-0.25, -0.2) is 4.68 Å². The van der Waals surface area contributed by atoms with Crippen LogP contribution in [-0.2, 0) is 20.9 Å². The molecule has 0 aliphatic rings. The third-order valence-electron chi connectivity index (χ3n) is 2.99. The average Bonchev–Trinajstić information content (AvgIpc) is 2.93. The van der Waals surface area contributed by atoms with Gasteiger partial charge in [-0.3, -0.25) is 9.59 Å². The van der Waals surface area contributed by atoms with Gasteiger partial charge in [-0.2, -0.15) is 5.10 Å². The Hall–Kier alpha value is -1.71. The molecule has 0 radical (unpaired) electrons. The van der Waals surface area contributed by atoms with Crippen molar-refractivity contribution in [3.63, 3.8) is 0 Å². The number of Topliss-reactive ketones (excluding diaryl/α,β-unsaturated/α-hetero) is 1. The molecule has 1 atom stereocenters. The quantitative estimate of drug-likeness (QED) is 0.278. The Morgan fingerprint density at radius 1 is 1.36 bits per heavy atom. The van der Waals surface area contributed by atoms with Crippen molar-refractivity contribution < 1.29 is 19.1 Å². The van der Waals surface area contributed by atoms with Gasteiger partial charge in [0.25, 0.3) is 0 Å². The lowest BCUT2D eigenvalue weighted by atomic mass is 10.3. The van der Waals surface area contributed by atoms with Crippen molar-refractivity contribution in [1.29, 1.82) is 0 Å². The zero-order chi connectivity index (χ0) is 18.2. The first-order valence-electron chi connectivity index (χ1n) is 7.60. The molecule has 6 nitrogen and oxygen atoms in total. The molecule has 1 unspecified atom stereocenters. The van der Waals surface area contributed by atoms with E-state index in [0.717, 1.165) is 17.5 Å². The third kappa shape index (κ3) is 5.94. The van der Waals surface area contributed by atoms with Crippen LogP contribution in [0, 0.1) is 3.95 Å². The number of thioether (sulfide) groups is 1. The third-order valence-corrected chi connectivity index (χ3v) is 5.68. The molecule has 0 saturated heterocycles. The number of hydrogen-bond donors (Lipinski definition) is 0. The number of para-hydroxylation sites is 1. The van der Waals surface area contributed by atoms with Crippen molar-refractivity contribution in [2.45, 2.75) is 30.0 Å². The van der Waals surface area contributed by atoms with Gasteiger partial charge in [0, 0.05) is 0 Å². The fourth-order valence-electron chi connectivity index (χ4n) is 1.86. The van der Waals surface area contributed by atoms with Gasteiger partial charge >= 0.3 is 5.97 Å². The molecule has 0 aliphatic carbocycles. The zero-order valence-corrected chi connectivity index (χ0v) is 16.3. The summed E-state index contributed by atoms with van der Waals surface area (Å²) in [5.41, 5.74) is 0. The molecule has 25 heavy (non-hydrogen) atoms. The van der Waals surface area contributed by atoms with E-state index in [4.69, 9.17) is 21.7 Å². The van der Waals surface area contributed by atoms with Crippen LogP contribution in [0.15, 0.2) is 34.7 Å². The van der Waals surface area contributed by atoms with Gasteiger partial charge in [0.15, 0.2) is 19.3 Å². The fourth-order valence-corrected chi connectivity index (χ4v) is 4.31. The molecular weight excluding hydrogens is 380 g/mol. The lowest BCUT2D eigenvalue weighted by Crippen LogP contribution is -2.27. The van der Waals surface area contributed by atoms with Gasteiger partial charge in [-0.1, -0.05) is 41.3 Å². The summed E-state index contributed by atoms with van der Waals surface area (Å²) in [5, 5.41) is 3.44. The highest BCUT2D eigenvalue weighted by Crippen LogP contribution is 2.27. The lowest BCUT2D eigenvalue weighted by Gasteiger charge is -2.09. The van der Waals surface area contributed by atoms with Crippen molar-refractivity contribution >= 4 is 47.1 Å². The largest absolute Gasteiger partial charge is 0.492 e. The van der Waals surface area contributed by atoms with E-state index in [1.54, 1.807) is 11.6 Å². The average molecular weight is 399 g/mol. The number of ketones is 1. The highest BCUT2D eigenvalue weighted by Gasteiger charge is 2.27. The molecule has 0 amide bonds. The maximum atomic E-state index is 11.9. The molecule has 134 valence electrons. The summed E-state index contributed by atoms with van der Waals surface area (Å²) in [6.45, 7) is 4.18. The lowest BCUT2D eigenvalue weighted by molar-refractivity contribution is -0.144. The molecule has 1 aromatic heterocycles. The van der Waals surface area contributed by atoms with E-state index in [1.807, 2.05) is 30.3 Å². The van der Waals surface area contributed by atoms with Crippen molar-refractivity contribution in [2.24, 2.45) is 0 Å². The van der Waals surface area contributed by atoms with Crippen LogP contribution in [0.2, 0.25) is 0 Å². The van der Waals surface area contributed by atoms with Crippen molar-refractivity contribution in [3.8, 4) is 5.75 Å². The molecule has 2 rings (SSSR count). The summed E-state index contributed by atoms with van der Waals surface area (Å²) in [6.07, 6.45) is 0. The highest BCUT2D eigenvalue weighted by molar-refractivity contribution is 8.03. The van der Waals surface area contributed by atoms with Gasteiger partial charge in [0.05, 0.1) is 13.2 Å². The topological polar surface area (TPSA) is 70.4 Å². The van der Waals surface area contributed by atoms with E-state index in [1.165, 1.54) is 18.3 Å². The minimum Gasteiger partial charge on any atom is -0.492 e. The normalized spacial score (nSPS) is 11.8. The minimum absolute atomic E-state index is 0.226. The van der Waals surface area contributed by atoms with Crippen LogP contribution in [-0.4, -0.2) is 40.0 Å². The molecule has 0 spiro atoms. The molecule has 0 N–H and O–H groups in total. The summed E-state index contributed by atoms with van der Waals surface area (Å²) in [6, 6.07) is 9.46. The van der Waals surface area contributed by atoms with E-state index in [2.05, 4.69) is 5.10 Å². The van der Waals surface area contributed by atoms with Crippen LogP contribution in [0.4, 0.5) is 0 Å². The summed E-state index contributed by atoms with van der Waals surface area (Å²) in [4.78, 5) is 23.6. The van der Waals surface area contributed by atoms with Crippen LogP contribution in [0.25, 0.3) is 0 Å². The van der Waals surface area contributed by atoms with Gasteiger partial charge in [-0.15, -0.1) is 0 Å². The highest BCUT2D eigenvalue weighted by atomic mass is 32.2. The zero-order valence-electron chi connectivity index (χ0n) is 13.8.